The lowest BCUT2D eigenvalue weighted by atomic mass is 9.96. The van der Waals surface area contributed by atoms with Crippen molar-refractivity contribution in [3.63, 3.8) is 0 Å². The van der Waals surface area contributed by atoms with E-state index in [4.69, 9.17) is 23.7 Å². The predicted molar refractivity (Wildman–Crippen MR) is 98.8 cm³/mol. The van der Waals surface area contributed by atoms with Gasteiger partial charge in [-0.15, -0.1) is 0 Å². The van der Waals surface area contributed by atoms with Crippen molar-refractivity contribution in [2.45, 2.75) is 92.5 Å². The Balaban J connectivity index is 1.71. The molecule has 15 heteroatoms. The number of aliphatic hydroxyl groups is 9. The molecule has 3 aliphatic rings. The SMILES string of the molecule is OC[C@@H]1C[C@H](O)[C@@H](O)[C@@H](O[C@H]2[C@H](O)[C@@H](O)[C@@H](O[C@H]3[C@H](O)[C@@H](O)C(F)O[C@@H]3CO)O[C@@H]2CO)O1. The smallest absolute Gasteiger partial charge is 0.228 e. The van der Waals surface area contributed by atoms with Crippen molar-refractivity contribution in [1.82, 2.24) is 0 Å². The molecule has 194 valence electrons. The highest BCUT2D eigenvalue weighted by molar-refractivity contribution is 4.95. The van der Waals surface area contributed by atoms with Gasteiger partial charge in [-0.2, -0.15) is 0 Å². The average Bonchev–Trinajstić information content (AvgIpc) is 2.80. The van der Waals surface area contributed by atoms with Crippen LogP contribution in [0.1, 0.15) is 6.42 Å². The minimum absolute atomic E-state index is 0.0768. The maximum Gasteiger partial charge on any atom is 0.228 e. The third-order valence-electron chi connectivity index (χ3n) is 5.92. The number of hydrogen-bond donors (Lipinski definition) is 9. The van der Waals surface area contributed by atoms with Crippen LogP contribution in [0.25, 0.3) is 0 Å². The molecule has 0 radical (unpaired) electrons. The van der Waals surface area contributed by atoms with E-state index in [0.717, 1.165) is 0 Å². The molecule has 0 aliphatic carbocycles. The maximum absolute atomic E-state index is 13.6. The largest absolute Gasteiger partial charge is 0.394 e. The van der Waals surface area contributed by atoms with E-state index in [0.29, 0.717) is 0 Å². The summed E-state index contributed by atoms with van der Waals surface area (Å²) in [6, 6.07) is 0. The number of hydrogen-bond acceptors (Lipinski definition) is 14. The number of aliphatic hydroxyl groups excluding tert-OH is 9. The van der Waals surface area contributed by atoms with Crippen molar-refractivity contribution in [3.8, 4) is 0 Å². The van der Waals surface area contributed by atoms with Gasteiger partial charge in [0.1, 0.15) is 54.9 Å². The summed E-state index contributed by atoms with van der Waals surface area (Å²) in [5, 5.41) is 89.3. The molecule has 9 N–H and O–H groups in total. The van der Waals surface area contributed by atoms with Gasteiger partial charge < -0.3 is 69.6 Å². The van der Waals surface area contributed by atoms with Crippen molar-refractivity contribution in [2.24, 2.45) is 0 Å². The van der Waals surface area contributed by atoms with Crippen molar-refractivity contribution in [1.29, 1.82) is 0 Å². The first-order valence-electron chi connectivity index (χ1n) is 10.4. The summed E-state index contributed by atoms with van der Waals surface area (Å²) in [4.78, 5) is 0. The first-order valence-corrected chi connectivity index (χ1v) is 10.4. The predicted octanol–water partition coefficient (Wildman–Crippen LogP) is -5.57. The Bertz CT molecular complexity index is 613. The molecule has 14 atom stereocenters. The van der Waals surface area contributed by atoms with Crippen molar-refractivity contribution in [2.75, 3.05) is 19.8 Å². The van der Waals surface area contributed by atoms with Crippen LogP contribution in [-0.2, 0) is 23.7 Å². The molecule has 33 heavy (non-hydrogen) atoms. The molecule has 0 amide bonds. The van der Waals surface area contributed by atoms with E-state index < -0.39 is 106 Å². The Morgan fingerprint density at radius 2 is 1.15 bits per heavy atom. The monoisotopic (exact) mass is 490 g/mol. The molecule has 0 aromatic carbocycles. The number of rotatable bonds is 7. The summed E-state index contributed by atoms with van der Waals surface area (Å²) in [7, 11) is 0. The molecule has 1 unspecified atom stereocenters. The molecule has 0 bridgehead atoms. The zero-order chi connectivity index (χ0) is 24.4. The molecule has 3 aliphatic heterocycles. The topological polar surface area (TPSA) is 228 Å². The number of alkyl halides is 1. The van der Waals surface area contributed by atoms with Gasteiger partial charge >= 0.3 is 0 Å². The molecule has 3 rings (SSSR count). The van der Waals surface area contributed by atoms with E-state index in [-0.39, 0.29) is 6.42 Å². The van der Waals surface area contributed by atoms with E-state index in [1.54, 1.807) is 0 Å². The first kappa shape index (κ1) is 27.0. The summed E-state index contributed by atoms with van der Waals surface area (Å²) in [5.41, 5.74) is 0. The van der Waals surface area contributed by atoms with E-state index >= 15 is 0 Å². The van der Waals surface area contributed by atoms with E-state index in [9.17, 15) is 50.3 Å². The fraction of sp³-hybridized carbons (Fsp3) is 1.00. The highest BCUT2D eigenvalue weighted by Crippen LogP contribution is 2.32. The summed E-state index contributed by atoms with van der Waals surface area (Å²) < 4.78 is 39.9. The van der Waals surface area contributed by atoms with Gasteiger partial charge in [0, 0.05) is 6.42 Å². The molecule has 3 heterocycles. The summed E-state index contributed by atoms with van der Waals surface area (Å²) >= 11 is 0. The Morgan fingerprint density at radius 1 is 0.636 bits per heavy atom. The lowest BCUT2D eigenvalue weighted by molar-refractivity contribution is -0.370. The van der Waals surface area contributed by atoms with Gasteiger partial charge in [-0.05, 0) is 0 Å². The number of ether oxygens (including phenoxy) is 5. The third kappa shape index (κ3) is 5.62. The second-order valence-electron chi connectivity index (χ2n) is 8.20. The minimum atomic E-state index is -2.30. The highest BCUT2D eigenvalue weighted by Gasteiger charge is 2.52. The minimum Gasteiger partial charge on any atom is -0.394 e. The zero-order valence-electron chi connectivity index (χ0n) is 17.4. The van der Waals surface area contributed by atoms with Crippen LogP contribution in [0.3, 0.4) is 0 Å². The van der Waals surface area contributed by atoms with Crippen molar-refractivity contribution < 1.29 is 74.0 Å². The van der Waals surface area contributed by atoms with Crippen LogP contribution in [0.15, 0.2) is 0 Å². The second kappa shape index (κ2) is 11.4. The van der Waals surface area contributed by atoms with Gasteiger partial charge in [0.25, 0.3) is 0 Å². The van der Waals surface area contributed by atoms with Crippen molar-refractivity contribution in [3.05, 3.63) is 0 Å². The molecular weight excluding hydrogens is 459 g/mol. The normalized spacial score (nSPS) is 51.5. The van der Waals surface area contributed by atoms with Crippen LogP contribution >= 0.6 is 0 Å². The summed E-state index contributed by atoms with van der Waals surface area (Å²) in [6.45, 7) is -2.09. The van der Waals surface area contributed by atoms with Gasteiger partial charge in [-0.25, -0.2) is 4.39 Å². The van der Waals surface area contributed by atoms with Gasteiger partial charge in [0.2, 0.25) is 6.36 Å². The highest BCUT2D eigenvalue weighted by atomic mass is 19.1. The molecule has 0 aromatic heterocycles. The van der Waals surface area contributed by atoms with Crippen LogP contribution < -0.4 is 0 Å². The molecule has 0 saturated carbocycles. The fourth-order valence-electron chi connectivity index (χ4n) is 4.00. The molecular formula is C18H31FO14. The van der Waals surface area contributed by atoms with Gasteiger partial charge in [-0.1, -0.05) is 0 Å². The van der Waals surface area contributed by atoms with Crippen LogP contribution in [-0.4, -0.2) is 152 Å². The zero-order valence-corrected chi connectivity index (χ0v) is 17.4. The van der Waals surface area contributed by atoms with Crippen molar-refractivity contribution >= 4 is 0 Å². The molecule has 3 saturated heterocycles. The first-order chi connectivity index (χ1) is 15.6. The summed E-state index contributed by atoms with van der Waals surface area (Å²) in [5.74, 6) is 0. The van der Waals surface area contributed by atoms with Gasteiger partial charge in [0.05, 0.1) is 32.0 Å². The van der Waals surface area contributed by atoms with Crippen LogP contribution in [0.2, 0.25) is 0 Å². The Hall–Kier alpha value is -0.630. The molecule has 0 aromatic rings. The summed E-state index contributed by atoms with van der Waals surface area (Å²) in [6.07, 6.45) is -23.0. The lowest BCUT2D eigenvalue weighted by Crippen LogP contribution is -2.65. The quantitative estimate of drug-likeness (QED) is 0.162. The maximum atomic E-state index is 13.6. The lowest BCUT2D eigenvalue weighted by Gasteiger charge is -2.47. The Morgan fingerprint density at radius 3 is 1.70 bits per heavy atom. The number of halogens is 1. The average molecular weight is 490 g/mol. The van der Waals surface area contributed by atoms with Gasteiger partial charge in [0.15, 0.2) is 12.6 Å². The van der Waals surface area contributed by atoms with E-state index in [2.05, 4.69) is 0 Å². The van der Waals surface area contributed by atoms with E-state index in [1.165, 1.54) is 0 Å². The fourth-order valence-corrected chi connectivity index (χ4v) is 4.00. The molecule has 3 fully saturated rings. The third-order valence-corrected chi connectivity index (χ3v) is 5.92. The van der Waals surface area contributed by atoms with Crippen LogP contribution in [0.4, 0.5) is 4.39 Å². The van der Waals surface area contributed by atoms with Gasteiger partial charge in [-0.3, -0.25) is 0 Å². The molecule has 0 spiro atoms. The van der Waals surface area contributed by atoms with E-state index in [1.807, 2.05) is 0 Å². The second-order valence-corrected chi connectivity index (χ2v) is 8.20. The Labute approximate surface area is 187 Å². The molecule has 14 nitrogen and oxygen atoms in total. The van der Waals surface area contributed by atoms with Crippen LogP contribution in [0.5, 0.6) is 0 Å². The standard InChI is InChI=1S/C18H31FO14/c19-16-12(27)10(25)14(7(3-21)30-16)33-18-13(28)11(26)15(8(4-22)31-18)32-17-9(24)6(23)1-5(2-20)29-17/h5-18,20-28H,1-4H2/t5-,6-,7+,8+,9+,10+,11+,12+,13+,14+,15+,16?,17+,18+/m0/s1. The Kier molecular flexibility index (Phi) is 9.32. The van der Waals surface area contributed by atoms with Crippen LogP contribution in [0, 0.1) is 0 Å².